The molecule has 3 rings (SSSR count). The minimum atomic E-state index is 0.142. The average molecular weight is 318 g/mol. The van der Waals surface area contributed by atoms with Crippen LogP contribution in [0.25, 0.3) is 0 Å². The van der Waals surface area contributed by atoms with Crippen LogP contribution in [0.5, 0.6) is 0 Å². The zero-order valence-electron chi connectivity index (χ0n) is 14.0. The van der Waals surface area contributed by atoms with Crippen molar-refractivity contribution in [3.05, 3.63) is 35.9 Å². The van der Waals surface area contributed by atoms with Crippen LogP contribution in [0.15, 0.2) is 30.3 Å². The van der Waals surface area contributed by atoms with Gasteiger partial charge in [0.05, 0.1) is 18.8 Å². The molecule has 1 aromatic rings. The second-order valence-corrected chi connectivity index (χ2v) is 6.41. The SMILES string of the molecule is COCCN1C[C@H]2[C@H](OC)CCN(C(=O)c3ccccc3)[C@H]2C1. The number of carbonyl (C=O) groups excluding carboxylic acids is 1. The smallest absolute Gasteiger partial charge is 0.254 e. The van der Waals surface area contributed by atoms with Gasteiger partial charge in [0, 0.05) is 51.9 Å². The van der Waals surface area contributed by atoms with Crippen LogP contribution in [0.2, 0.25) is 0 Å². The number of rotatable bonds is 5. The zero-order chi connectivity index (χ0) is 16.2. The predicted octanol–water partition coefficient (Wildman–Crippen LogP) is 1.49. The van der Waals surface area contributed by atoms with Gasteiger partial charge >= 0.3 is 0 Å². The van der Waals surface area contributed by atoms with Crippen LogP contribution < -0.4 is 0 Å². The lowest BCUT2D eigenvalue weighted by Crippen LogP contribution is -2.53. The number of hydrogen-bond acceptors (Lipinski definition) is 4. The Bertz CT molecular complexity index is 522. The molecule has 5 nitrogen and oxygen atoms in total. The summed E-state index contributed by atoms with van der Waals surface area (Å²) in [5.41, 5.74) is 0.775. The highest BCUT2D eigenvalue weighted by atomic mass is 16.5. The molecule has 0 N–H and O–H groups in total. The van der Waals surface area contributed by atoms with Crippen molar-refractivity contribution >= 4 is 5.91 Å². The fourth-order valence-corrected chi connectivity index (χ4v) is 3.93. The Morgan fingerprint density at radius 2 is 2.00 bits per heavy atom. The van der Waals surface area contributed by atoms with E-state index in [1.54, 1.807) is 14.2 Å². The second-order valence-electron chi connectivity index (χ2n) is 6.41. The minimum Gasteiger partial charge on any atom is -0.383 e. The molecule has 0 aromatic heterocycles. The summed E-state index contributed by atoms with van der Waals surface area (Å²) in [5, 5.41) is 0. The highest BCUT2D eigenvalue weighted by molar-refractivity contribution is 5.94. The molecule has 1 aromatic carbocycles. The molecule has 5 heteroatoms. The molecule has 1 amide bonds. The zero-order valence-corrected chi connectivity index (χ0v) is 14.0. The molecule has 2 heterocycles. The average Bonchev–Trinajstić information content (AvgIpc) is 3.03. The van der Waals surface area contributed by atoms with Gasteiger partial charge in [-0.1, -0.05) is 18.2 Å². The van der Waals surface area contributed by atoms with Crippen molar-refractivity contribution in [3.8, 4) is 0 Å². The number of fused-ring (bicyclic) bond motifs is 1. The van der Waals surface area contributed by atoms with E-state index in [2.05, 4.69) is 9.80 Å². The largest absolute Gasteiger partial charge is 0.383 e. The van der Waals surface area contributed by atoms with Crippen LogP contribution in [0.4, 0.5) is 0 Å². The van der Waals surface area contributed by atoms with Crippen LogP contribution in [0.3, 0.4) is 0 Å². The van der Waals surface area contributed by atoms with Crippen LogP contribution in [0.1, 0.15) is 16.8 Å². The Hall–Kier alpha value is -1.43. The van der Waals surface area contributed by atoms with Gasteiger partial charge in [-0.25, -0.2) is 0 Å². The monoisotopic (exact) mass is 318 g/mol. The summed E-state index contributed by atoms with van der Waals surface area (Å²) in [6.07, 6.45) is 1.15. The Morgan fingerprint density at radius 1 is 1.22 bits per heavy atom. The van der Waals surface area contributed by atoms with Gasteiger partial charge in [-0.2, -0.15) is 0 Å². The molecule has 0 unspecified atom stereocenters. The molecule has 0 aliphatic carbocycles. The third kappa shape index (κ3) is 3.42. The van der Waals surface area contributed by atoms with Crippen molar-refractivity contribution in [2.45, 2.75) is 18.6 Å². The van der Waals surface area contributed by atoms with Crippen molar-refractivity contribution in [1.29, 1.82) is 0 Å². The quantitative estimate of drug-likeness (QED) is 0.825. The van der Waals surface area contributed by atoms with Gasteiger partial charge in [0.25, 0.3) is 5.91 Å². The molecule has 0 bridgehead atoms. The van der Waals surface area contributed by atoms with Crippen molar-refractivity contribution in [2.75, 3.05) is 47.0 Å². The van der Waals surface area contributed by atoms with Gasteiger partial charge in [0.2, 0.25) is 0 Å². The lowest BCUT2D eigenvalue weighted by Gasteiger charge is -2.41. The maximum absolute atomic E-state index is 12.9. The number of hydrogen-bond donors (Lipinski definition) is 0. The molecule has 3 atom stereocenters. The summed E-state index contributed by atoms with van der Waals surface area (Å²) in [4.78, 5) is 17.3. The summed E-state index contributed by atoms with van der Waals surface area (Å²) in [5.74, 6) is 0.530. The van der Waals surface area contributed by atoms with E-state index in [0.29, 0.717) is 5.92 Å². The molecule has 0 saturated carbocycles. The number of ether oxygens (including phenoxy) is 2. The Labute approximate surface area is 138 Å². The van der Waals surface area contributed by atoms with E-state index in [9.17, 15) is 4.79 Å². The molecule has 2 aliphatic rings. The van der Waals surface area contributed by atoms with E-state index >= 15 is 0 Å². The first-order chi connectivity index (χ1) is 11.2. The van der Waals surface area contributed by atoms with Crippen LogP contribution in [0, 0.1) is 5.92 Å². The van der Waals surface area contributed by atoms with Gasteiger partial charge in [-0.05, 0) is 18.6 Å². The first kappa shape index (κ1) is 16.4. The summed E-state index contributed by atoms with van der Waals surface area (Å²) < 4.78 is 10.9. The molecule has 0 spiro atoms. The predicted molar refractivity (Wildman–Crippen MR) is 88.5 cm³/mol. The van der Waals surface area contributed by atoms with Gasteiger partial charge < -0.3 is 14.4 Å². The number of likely N-dealkylation sites (tertiary alicyclic amines) is 2. The van der Waals surface area contributed by atoms with E-state index in [-0.39, 0.29) is 18.1 Å². The first-order valence-electron chi connectivity index (χ1n) is 8.34. The van der Waals surface area contributed by atoms with Crippen molar-refractivity contribution in [2.24, 2.45) is 5.92 Å². The van der Waals surface area contributed by atoms with E-state index in [4.69, 9.17) is 9.47 Å². The molecule has 126 valence electrons. The molecule has 2 fully saturated rings. The minimum absolute atomic E-state index is 0.142. The maximum atomic E-state index is 12.9. The van der Waals surface area contributed by atoms with Crippen LogP contribution in [-0.4, -0.2) is 74.9 Å². The number of benzene rings is 1. The molecule has 0 radical (unpaired) electrons. The van der Waals surface area contributed by atoms with E-state index in [1.807, 2.05) is 30.3 Å². The maximum Gasteiger partial charge on any atom is 0.254 e. The Kier molecular flexibility index (Phi) is 5.30. The Morgan fingerprint density at radius 3 is 2.70 bits per heavy atom. The molecular formula is C18H26N2O3. The lowest BCUT2D eigenvalue weighted by atomic mass is 9.88. The van der Waals surface area contributed by atoms with E-state index in [1.165, 1.54) is 0 Å². The summed E-state index contributed by atoms with van der Waals surface area (Å²) >= 11 is 0. The summed E-state index contributed by atoms with van der Waals surface area (Å²) in [6, 6.07) is 9.82. The fourth-order valence-electron chi connectivity index (χ4n) is 3.93. The highest BCUT2D eigenvalue weighted by Crippen LogP contribution is 2.33. The molecule has 2 saturated heterocycles. The van der Waals surface area contributed by atoms with Gasteiger partial charge in [-0.3, -0.25) is 9.69 Å². The second kappa shape index (κ2) is 7.43. The molecule has 23 heavy (non-hydrogen) atoms. The van der Waals surface area contributed by atoms with Crippen molar-refractivity contribution in [1.82, 2.24) is 9.80 Å². The highest BCUT2D eigenvalue weighted by Gasteiger charge is 2.45. The number of piperidine rings is 1. The topological polar surface area (TPSA) is 42.0 Å². The van der Waals surface area contributed by atoms with E-state index in [0.717, 1.165) is 44.8 Å². The molecule has 2 aliphatic heterocycles. The number of amides is 1. The van der Waals surface area contributed by atoms with Crippen molar-refractivity contribution < 1.29 is 14.3 Å². The number of nitrogens with zero attached hydrogens (tertiary/aromatic N) is 2. The van der Waals surface area contributed by atoms with Gasteiger partial charge in [0.15, 0.2) is 0 Å². The van der Waals surface area contributed by atoms with Crippen LogP contribution in [-0.2, 0) is 9.47 Å². The normalized spacial score (nSPS) is 27.9. The lowest BCUT2D eigenvalue weighted by molar-refractivity contribution is -0.0157. The number of carbonyl (C=O) groups is 1. The summed E-state index contributed by atoms with van der Waals surface area (Å²) in [7, 11) is 3.51. The number of methoxy groups -OCH3 is 2. The third-order valence-corrected chi connectivity index (χ3v) is 5.14. The van der Waals surface area contributed by atoms with Crippen LogP contribution >= 0.6 is 0 Å². The van der Waals surface area contributed by atoms with Crippen molar-refractivity contribution in [3.63, 3.8) is 0 Å². The van der Waals surface area contributed by atoms with Gasteiger partial charge in [-0.15, -0.1) is 0 Å². The van der Waals surface area contributed by atoms with E-state index < -0.39 is 0 Å². The molecular weight excluding hydrogens is 292 g/mol. The third-order valence-electron chi connectivity index (χ3n) is 5.14. The standard InChI is InChI=1S/C18H26N2O3/c1-22-11-10-19-12-15-16(13-19)20(9-8-17(15)23-2)18(21)14-6-4-3-5-7-14/h3-7,15-17H,8-13H2,1-2H3/t15-,16+,17-/m1/s1. The fraction of sp³-hybridized carbons (Fsp3) is 0.611. The van der Waals surface area contributed by atoms with Gasteiger partial charge in [0.1, 0.15) is 0 Å². The summed E-state index contributed by atoms with van der Waals surface area (Å²) in [6.45, 7) is 4.29. The Balaban J connectivity index is 1.76. The first-order valence-corrected chi connectivity index (χ1v) is 8.34.